The van der Waals surface area contributed by atoms with Gasteiger partial charge in [-0.2, -0.15) is 0 Å². The summed E-state index contributed by atoms with van der Waals surface area (Å²) in [7, 11) is 0. The lowest BCUT2D eigenvalue weighted by molar-refractivity contribution is 0.451. The summed E-state index contributed by atoms with van der Waals surface area (Å²) < 4.78 is 0. The quantitative estimate of drug-likeness (QED) is 0.591. The van der Waals surface area contributed by atoms with Crippen molar-refractivity contribution in [1.29, 1.82) is 0 Å². The van der Waals surface area contributed by atoms with Crippen molar-refractivity contribution in [3.63, 3.8) is 0 Å². The molecule has 2 heterocycles. The molecule has 0 saturated carbocycles. The van der Waals surface area contributed by atoms with Crippen LogP contribution in [0.1, 0.15) is 6.92 Å². The van der Waals surface area contributed by atoms with Gasteiger partial charge in [-0.15, -0.1) is 0 Å². The van der Waals surface area contributed by atoms with Gasteiger partial charge < -0.3 is 4.90 Å². The molecule has 0 aromatic heterocycles. The van der Waals surface area contributed by atoms with Crippen LogP contribution in [0.15, 0.2) is 61.1 Å². The fourth-order valence-electron chi connectivity index (χ4n) is 1.62. The highest BCUT2D eigenvalue weighted by Crippen LogP contribution is 2.17. The monoisotopic (exact) mass is 230 g/mol. The number of allylic oxidation sites excluding steroid dienone is 5. The smallest absolute Gasteiger partial charge is 0.184 e. The summed E-state index contributed by atoms with van der Waals surface area (Å²) in [5.41, 5.74) is 0.891. The second-order valence-electron chi connectivity index (χ2n) is 3.72. The Morgan fingerprint density at radius 3 is 2.69 bits per heavy atom. The molecule has 0 aliphatic carbocycles. The summed E-state index contributed by atoms with van der Waals surface area (Å²) >= 11 is 5.47. The van der Waals surface area contributed by atoms with E-state index in [1.54, 1.807) is 0 Å². The third-order valence-electron chi connectivity index (χ3n) is 2.56. The Labute approximate surface area is 102 Å². The van der Waals surface area contributed by atoms with E-state index < -0.39 is 0 Å². The van der Waals surface area contributed by atoms with Gasteiger partial charge in [0.2, 0.25) is 0 Å². The zero-order valence-corrected chi connectivity index (χ0v) is 10.0. The van der Waals surface area contributed by atoms with E-state index in [-0.39, 0.29) is 6.04 Å². The molecule has 2 nitrogen and oxygen atoms in total. The predicted molar refractivity (Wildman–Crippen MR) is 71.4 cm³/mol. The van der Waals surface area contributed by atoms with Gasteiger partial charge in [0.05, 0.1) is 6.04 Å². The molecule has 0 bridgehead atoms. The average Bonchev–Trinajstić information content (AvgIpc) is 2.29. The Balaban J connectivity index is 2.16. The van der Waals surface area contributed by atoms with Crippen LogP contribution in [-0.4, -0.2) is 21.0 Å². The third-order valence-corrected chi connectivity index (χ3v) is 2.96. The summed E-state index contributed by atoms with van der Waals surface area (Å²) in [5, 5.41) is 0.749. The van der Waals surface area contributed by atoms with E-state index in [1.165, 1.54) is 0 Å². The van der Waals surface area contributed by atoms with Crippen molar-refractivity contribution in [1.82, 2.24) is 9.80 Å². The summed E-state index contributed by atoms with van der Waals surface area (Å²) in [6, 6.07) is 0.282. The molecule has 0 radical (unpaired) electrons. The standard InChI is InChI=1S/C13H14N2S/c1-11-7-3-5-9-14(11)13(16)15-10-6-4-8-12(15)2/h3-10,12H,1H2,2H3. The van der Waals surface area contributed by atoms with E-state index in [2.05, 4.69) is 19.6 Å². The van der Waals surface area contributed by atoms with Crippen LogP contribution in [0, 0.1) is 0 Å². The van der Waals surface area contributed by atoms with Gasteiger partial charge in [0.1, 0.15) is 0 Å². The zero-order valence-electron chi connectivity index (χ0n) is 9.21. The highest BCUT2D eigenvalue weighted by atomic mass is 32.1. The Hall–Kier alpha value is -1.61. The van der Waals surface area contributed by atoms with Gasteiger partial charge in [-0.1, -0.05) is 24.8 Å². The average molecular weight is 230 g/mol. The van der Waals surface area contributed by atoms with E-state index in [0.29, 0.717) is 0 Å². The zero-order chi connectivity index (χ0) is 11.5. The minimum absolute atomic E-state index is 0.282. The number of hydrogen-bond donors (Lipinski definition) is 0. The van der Waals surface area contributed by atoms with Crippen LogP contribution >= 0.6 is 12.2 Å². The molecule has 0 spiro atoms. The molecule has 0 aromatic carbocycles. The van der Waals surface area contributed by atoms with Crippen LogP contribution in [0.2, 0.25) is 0 Å². The molecule has 0 fully saturated rings. The second-order valence-corrected chi connectivity index (χ2v) is 4.08. The van der Waals surface area contributed by atoms with Gasteiger partial charge in [-0.3, -0.25) is 4.90 Å². The fourth-order valence-corrected chi connectivity index (χ4v) is 2.03. The van der Waals surface area contributed by atoms with Crippen molar-refractivity contribution in [3.8, 4) is 0 Å². The summed E-state index contributed by atoms with van der Waals surface area (Å²) in [6.07, 6.45) is 15.9. The number of hydrogen-bond acceptors (Lipinski definition) is 1. The van der Waals surface area contributed by atoms with Crippen molar-refractivity contribution < 1.29 is 0 Å². The number of thiocarbonyl (C=S) groups is 1. The fraction of sp³-hybridized carbons (Fsp3) is 0.154. The first-order valence-electron chi connectivity index (χ1n) is 5.20. The first-order valence-corrected chi connectivity index (χ1v) is 5.61. The summed E-state index contributed by atoms with van der Waals surface area (Å²) in [5.74, 6) is 0. The maximum atomic E-state index is 5.47. The molecule has 1 unspecified atom stereocenters. The predicted octanol–water partition coefficient (Wildman–Crippen LogP) is 2.94. The molecule has 2 aliphatic rings. The van der Waals surface area contributed by atoms with E-state index in [0.717, 1.165) is 10.8 Å². The first-order chi connectivity index (χ1) is 7.70. The van der Waals surface area contributed by atoms with E-state index in [9.17, 15) is 0 Å². The Kier molecular flexibility index (Phi) is 3.06. The van der Waals surface area contributed by atoms with Crippen molar-refractivity contribution in [2.45, 2.75) is 13.0 Å². The summed E-state index contributed by atoms with van der Waals surface area (Å²) in [6.45, 7) is 6.08. The number of rotatable bonds is 0. The van der Waals surface area contributed by atoms with Crippen LogP contribution in [0.4, 0.5) is 0 Å². The topological polar surface area (TPSA) is 6.48 Å². The molecule has 3 heteroatoms. The lowest BCUT2D eigenvalue weighted by Crippen LogP contribution is -2.41. The third kappa shape index (κ3) is 1.99. The van der Waals surface area contributed by atoms with Crippen molar-refractivity contribution in [3.05, 3.63) is 61.1 Å². The molecule has 16 heavy (non-hydrogen) atoms. The maximum absolute atomic E-state index is 5.47. The Morgan fingerprint density at radius 1 is 1.25 bits per heavy atom. The van der Waals surface area contributed by atoms with Gasteiger partial charge in [0, 0.05) is 18.1 Å². The molecule has 2 rings (SSSR count). The minimum atomic E-state index is 0.282. The number of nitrogens with zero attached hydrogens (tertiary/aromatic N) is 2. The van der Waals surface area contributed by atoms with Crippen LogP contribution in [0.5, 0.6) is 0 Å². The normalized spacial score (nSPS) is 23.1. The van der Waals surface area contributed by atoms with E-state index in [1.807, 2.05) is 52.6 Å². The Bertz CT molecular complexity index is 429. The highest BCUT2D eigenvalue weighted by Gasteiger charge is 2.20. The first kappa shape index (κ1) is 10.9. The Morgan fingerprint density at radius 2 is 2.00 bits per heavy atom. The van der Waals surface area contributed by atoms with Gasteiger partial charge in [0.15, 0.2) is 5.11 Å². The molecule has 82 valence electrons. The highest BCUT2D eigenvalue weighted by molar-refractivity contribution is 7.80. The maximum Gasteiger partial charge on any atom is 0.184 e. The van der Waals surface area contributed by atoms with Gasteiger partial charge in [-0.05, 0) is 37.4 Å². The molecule has 0 N–H and O–H groups in total. The van der Waals surface area contributed by atoms with Gasteiger partial charge >= 0.3 is 0 Å². The van der Waals surface area contributed by atoms with Crippen LogP contribution < -0.4 is 0 Å². The lowest BCUT2D eigenvalue weighted by atomic mass is 10.2. The lowest BCUT2D eigenvalue weighted by Gasteiger charge is -2.34. The molecule has 0 aromatic rings. The SMILES string of the molecule is C=C1C=CC=CN1C(=S)N1C=CC=CC1C. The largest absolute Gasteiger partial charge is 0.318 e. The minimum Gasteiger partial charge on any atom is -0.318 e. The van der Waals surface area contributed by atoms with Crippen LogP contribution in [0.25, 0.3) is 0 Å². The van der Waals surface area contributed by atoms with E-state index >= 15 is 0 Å². The van der Waals surface area contributed by atoms with Crippen molar-refractivity contribution >= 4 is 17.3 Å². The van der Waals surface area contributed by atoms with Crippen molar-refractivity contribution in [2.24, 2.45) is 0 Å². The molecule has 0 saturated heterocycles. The summed E-state index contributed by atoms with van der Waals surface area (Å²) in [4.78, 5) is 3.96. The van der Waals surface area contributed by atoms with Crippen LogP contribution in [0.3, 0.4) is 0 Å². The second kappa shape index (κ2) is 4.49. The molecule has 0 amide bonds. The van der Waals surface area contributed by atoms with Crippen molar-refractivity contribution in [2.75, 3.05) is 0 Å². The van der Waals surface area contributed by atoms with Crippen LogP contribution in [-0.2, 0) is 0 Å². The molecular formula is C13H14N2S. The molecule has 2 aliphatic heterocycles. The van der Waals surface area contributed by atoms with Gasteiger partial charge in [-0.25, -0.2) is 0 Å². The molecule has 1 atom stereocenters. The van der Waals surface area contributed by atoms with Gasteiger partial charge in [0.25, 0.3) is 0 Å². The van der Waals surface area contributed by atoms with E-state index in [4.69, 9.17) is 12.2 Å². The molecular weight excluding hydrogens is 216 g/mol.